The van der Waals surface area contributed by atoms with E-state index in [1.54, 1.807) is 25.7 Å². The van der Waals surface area contributed by atoms with Crippen molar-refractivity contribution in [2.75, 3.05) is 26.8 Å². The first-order valence-corrected chi connectivity index (χ1v) is 15.3. The standard InChI is InChI=1S/C34H42FN5O4/c1-6-26(35)16-22(2)17-39(5)31-28-32(37-20-36-31)40(21-38-28)33-30-29(43-34(3,4)44-30)27(42-33)19-41-18-23-12-14-25(15-13-23)24-10-8-7-9-11-24/h6-14,16,20-21,25,27,29-31,33H,15,17-19H2,1-5H3,(H,36,37)/b22-16+,26-6+/t25?,27-,29-,30-,31?,33-/m1/s1. The van der Waals surface area contributed by atoms with Gasteiger partial charge in [0.2, 0.25) is 0 Å². The van der Waals surface area contributed by atoms with E-state index in [0.29, 0.717) is 31.5 Å². The van der Waals surface area contributed by atoms with E-state index in [1.165, 1.54) is 11.6 Å². The monoisotopic (exact) mass is 603 g/mol. The lowest BCUT2D eigenvalue weighted by Gasteiger charge is -2.30. The number of nitrogens with zero attached hydrogens (tertiary/aromatic N) is 4. The van der Waals surface area contributed by atoms with Gasteiger partial charge in [-0.2, -0.15) is 0 Å². The second-order valence-corrected chi connectivity index (χ2v) is 12.3. The normalized spacial score (nSPS) is 29.5. The van der Waals surface area contributed by atoms with Gasteiger partial charge in [0.05, 0.1) is 25.9 Å². The summed E-state index contributed by atoms with van der Waals surface area (Å²) < 4.78 is 41.1. The highest BCUT2D eigenvalue weighted by molar-refractivity contribution is 5.65. The molecule has 6 atom stereocenters. The molecule has 4 heterocycles. The van der Waals surface area contributed by atoms with Crippen molar-refractivity contribution in [3.8, 4) is 0 Å². The van der Waals surface area contributed by atoms with Crippen LogP contribution in [0.25, 0.3) is 0 Å². The number of halogens is 1. The summed E-state index contributed by atoms with van der Waals surface area (Å²) in [6, 6.07) is 10.6. The summed E-state index contributed by atoms with van der Waals surface area (Å²) in [5, 5.41) is 3.29. The highest BCUT2D eigenvalue weighted by atomic mass is 19.1. The highest BCUT2D eigenvalue weighted by Gasteiger charge is 2.56. The van der Waals surface area contributed by atoms with Crippen LogP contribution in [0.4, 0.5) is 10.2 Å². The maximum absolute atomic E-state index is 13.8. The molecule has 1 aromatic heterocycles. The van der Waals surface area contributed by atoms with E-state index in [-0.39, 0.29) is 30.3 Å². The van der Waals surface area contributed by atoms with Crippen LogP contribution in [0.15, 0.2) is 89.0 Å². The second kappa shape index (κ2) is 12.9. The Balaban J connectivity index is 1.12. The van der Waals surface area contributed by atoms with Crippen LogP contribution in [0.1, 0.15) is 63.7 Å². The molecule has 9 nitrogen and oxygen atoms in total. The van der Waals surface area contributed by atoms with E-state index in [4.69, 9.17) is 23.9 Å². The largest absolute Gasteiger partial charge is 0.374 e. The number of imidazole rings is 1. The zero-order valence-electron chi connectivity index (χ0n) is 26.0. The third-order valence-electron chi connectivity index (χ3n) is 8.43. The molecule has 0 amide bonds. The van der Waals surface area contributed by atoms with Crippen molar-refractivity contribution < 1.29 is 23.3 Å². The topological polar surface area (TPSA) is 82.4 Å². The summed E-state index contributed by atoms with van der Waals surface area (Å²) in [6.45, 7) is 8.85. The van der Waals surface area contributed by atoms with E-state index >= 15 is 0 Å². The molecule has 10 heteroatoms. The predicted molar refractivity (Wildman–Crippen MR) is 167 cm³/mol. The number of benzene rings is 1. The van der Waals surface area contributed by atoms with Gasteiger partial charge in [0.25, 0.3) is 0 Å². The highest BCUT2D eigenvalue weighted by Crippen LogP contribution is 2.45. The minimum Gasteiger partial charge on any atom is -0.374 e. The van der Waals surface area contributed by atoms with E-state index in [0.717, 1.165) is 23.3 Å². The van der Waals surface area contributed by atoms with Crippen LogP contribution < -0.4 is 5.32 Å². The number of nitrogens with one attached hydrogen (secondary N) is 1. The van der Waals surface area contributed by atoms with Crippen molar-refractivity contribution in [3.05, 3.63) is 95.3 Å². The fraction of sp³-hybridized carbons (Fsp3) is 0.471. The molecule has 2 saturated heterocycles. The number of ether oxygens (including phenoxy) is 4. The van der Waals surface area contributed by atoms with Gasteiger partial charge < -0.3 is 24.3 Å². The number of likely N-dealkylation sites (N-methyl/N-ethyl adjacent to an activating group) is 1. The third-order valence-corrected chi connectivity index (χ3v) is 8.43. The number of hydrogen-bond acceptors (Lipinski definition) is 8. The molecule has 234 valence electrons. The number of aromatic nitrogens is 2. The molecule has 0 bridgehead atoms. The van der Waals surface area contributed by atoms with Crippen molar-refractivity contribution in [2.45, 2.75) is 76.5 Å². The molecule has 0 radical (unpaired) electrons. The summed E-state index contributed by atoms with van der Waals surface area (Å²) in [6.07, 6.45) is 12.3. The van der Waals surface area contributed by atoms with Crippen LogP contribution in [0.5, 0.6) is 0 Å². The van der Waals surface area contributed by atoms with Crippen LogP contribution in [0.2, 0.25) is 0 Å². The molecule has 3 aliphatic heterocycles. The van der Waals surface area contributed by atoms with Crippen LogP contribution >= 0.6 is 0 Å². The zero-order valence-corrected chi connectivity index (χ0v) is 26.0. The van der Waals surface area contributed by atoms with Crippen molar-refractivity contribution >= 4 is 12.2 Å². The molecule has 4 aliphatic rings. The average molecular weight is 604 g/mol. The lowest BCUT2D eigenvalue weighted by Crippen LogP contribution is -2.38. The first-order valence-electron chi connectivity index (χ1n) is 15.3. The molecule has 2 unspecified atom stereocenters. The molecule has 1 aromatic carbocycles. The molecule has 2 fully saturated rings. The fourth-order valence-electron chi connectivity index (χ4n) is 6.34. The summed E-state index contributed by atoms with van der Waals surface area (Å²) in [7, 11) is 1.97. The minimum absolute atomic E-state index is 0.243. The van der Waals surface area contributed by atoms with Crippen molar-refractivity contribution in [1.82, 2.24) is 19.8 Å². The van der Waals surface area contributed by atoms with Gasteiger partial charge in [-0.05, 0) is 58.4 Å². The second-order valence-electron chi connectivity index (χ2n) is 12.3. The van der Waals surface area contributed by atoms with Crippen molar-refractivity contribution in [3.63, 3.8) is 0 Å². The summed E-state index contributed by atoms with van der Waals surface area (Å²) in [5.74, 6) is 0.0736. The summed E-state index contributed by atoms with van der Waals surface area (Å²) >= 11 is 0. The quantitative estimate of drug-likeness (QED) is 0.334. The molecular weight excluding hydrogens is 561 g/mol. The summed E-state index contributed by atoms with van der Waals surface area (Å²) in [5.41, 5.74) is 4.14. The van der Waals surface area contributed by atoms with Gasteiger partial charge >= 0.3 is 0 Å². The fourth-order valence-corrected chi connectivity index (χ4v) is 6.34. The maximum Gasteiger partial charge on any atom is 0.166 e. The van der Waals surface area contributed by atoms with Crippen LogP contribution in [-0.2, 0) is 18.9 Å². The molecule has 1 aliphatic carbocycles. The average Bonchev–Trinajstić information content (AvgIpc) is 3.68. The van der Waals surface area contributed by atoms with Gasteiger partial charge in [0.15, 0.2) is 17.8 Å². The van der Waals surface area contributed by atoms with Crippen LogP contribution in [-0.4, -0.2) is 71.7 Å². The first kappa shape index (κ1) is 30.6. The van der Waals surface area contributed by atoms with E-state index < -0.39 is 12.0 Å². The van der Waals surface area contributed by atoms with Crippen molar-refractivity contribution in [2.24, 2.45) is 4.99 Å². The van der Waals surface area contributed by atoms with Gasteiger partial charge in [-0.15, -0.1) is 0 Å². The Morgan fingerprint density at radius 2 is 2.02 bits per heavy atom. The Hall–Kier alpha value is -3.41. The summed E-state index contributed by atoms with van der Waals surface area (Å²) in [4.78, 5) is 11.4. The Morgan fingerprint density at radius 3 is 2.77 bits per heavy atom. The first-order chi connectivity index (χ1) is 21.2. The zero-order chi connectivity index (χ0) is 30.8. The molecule has 6 rings (SSSR count). The number of hydrogen-bond donors (Lipinski definition) is 1. The lowest BCUT2D eigenvalue weighted by molar-refractivity contribution is -0.201. The molecule has 44 heavy (non-hydrogen) atoms. The van der Waals surface area contributed by atoms with Gasteiger partial charge in [0, 0.05) is 12.5 Å². The molecule has 2 aromatic rings. The number of allylic oxidation sites excluding steroid dienone is 5. The number of fused-ring (bicyclic) bond motifs is 2. The van der Waals surface area contributed by atoms with Gasteiger partial charge in [-0.1, -0.05) is 60.2 Å². The predicted octanol–water partition coefficient (Wildman–Crippen LogP) is 6.00. The van der Waals surface area contributed by atoms with Gasteiger partial charge in [-0.25, -0.2) is 14.4 Å². The Morgan fingerprint density at radius 1 is 1.23 bits per heavy atom. The number of aliphatic imine (C=N–C) groups is 1. The van der Waals surface area contributed by atoms with Crippen LogP contribution in [0.3, 0.4) is 0 Å². The molecule has 1 N–H and O–H groups in total. The van der Waals surface area contributed by atoms with E-state index in [1.807, 2.05) is 38.5 Å². The lowest BCUT2D eigenvalue weighted by atomic mass is 9.90. The Bertz CT molecular complexity index is 1480. The van der Waals surface area contributed by atoms with E-state index in [2.05, 4.69) is 57.7 Å². The minimum atomic E-state index is -0.753. The molecular formula is C34H42FN5O4. The Labute approximate surface area is 258 Å². The van der Waals surface area contributed by atoms with Crippen molar-refractivity contribution in [1.29, 1.82) is 0 Å². The smallest absolute Gasteiger partial charge is 0.166 e. The number of rotatable bonds is 10. The molecule has 0 spiro atoms. The third kappa shape index (κ3) is 6.50. The van der Waals surface area contributed by atoms with E-state index in [9.17, 15) is 4.39 Å². The Kier molecular flexibility index (Phi) is 8.98. The maximum atomic E-state index is 13.8. The van der Waals surface area contributed by atoms with Gasteiger partial charge in [0.1, 0.15) is 36.0 Å². The SMILES string of the molecule is C/C=C(F)\C=C(/C)CN(C)C1NC=Nc2c1ncn2[C@@H]1O[C@H](COCC2=CCC(c3ccccc3)C=C2)[C@H]2OC(C)(C)O[C@H]21. The van der Waals surface area contributed by atoms with Gasteiger partial charge in [-0.3, -0.25) is 9.47 Å². The van der Waals surface area contributed by atoms with Crippen LogP contribution in [0, 0.1) is 0 Å². The molecule has 0 saturated carbocycles.